The summed E-state index contributed by atoms with van der Waals surface area (Å²) in [5.74, 6) is -0.0770. The number of hydrogen-bond acceptors (Lipinski definition) is 3. The van der Waals surface area contributed by atoms with Crippen molar-refractivity contribution in [2.24, 2.45) is 5.16 Å². The number of benzene rings is 1. The van der Waals surface area contributed by atoms with Crippen molar-refractivity contribution in [1.29, 1.82) is 0 Å². The summed E-state index contributed by atoms with van der Waals surface area (Å²) in [6.07, 6.45) is 0.790. The molecule has 0 saturated carbocycles. The zero-order chi connectivity index (χ0) is 12.0. The standard InChI is InChI=1S/C12H16N2O2/c1-9-3-6-11(7-4-9)13-12(15)8-5-10(2)14-16/h3-4,6-7,16H,5,8H2,1-2H3,(H,13,15)/b14-10+. The van der Waals surface area contributed by atoms with E-state index in [2.05, 4.69) is 10.5 Å². The molecule has 0 aliphatic carbocycles. The zero-order valence-corrected chi connectivity index (χ0v) is 9.53. The fraction of sp³-hybridized carbons (Fsp3) is 0.333. The molecule has 1 aromatic rings. The Kier molecular flexibility index (Phi) is 4.51. The molecule has 16 heavy (non-hydrogen) atoms. The van der Waals surface area contributed by atoms with E-state index >= 15 is 0 Å². The molecule has 0 spiro atoms. The van der Waals surface area contributed by atoms with Crippen LogP contribution in [0, 0.1) is 6.92 Å². The molecule has 4 heteroatoms. The second-order valence-corrected chi connectivity index (χ2v) is 3.75. The predicted molar refractivity (Wildman–Crippen MR) is 63.9 cm³/mol. The number of oxime groups is 1. The first-order valence-electron chi connectivity index (χ1n) is 5.16. The van der Waals surface area contributed by atoms with Gasteiger partial charge in [-0.15, -0.1) is 0 Å². The lowest BCUT2D eigenvalue weighted by Crippen LogP contribution is -2.12. The molecule has 2 N–H and O–H groups in total. The van der Waals surface area contributed by atoms with E-state index < -0.39 is 0 Å². The summed E-state index contributed by atoms with van der Waals surface area (Å²) in [7, 11) is 0. The summed E-state index contributed by atoms with van der Waals surface area (Å²) in [6.45, 7) is 3.67. The van der Waals surface area contributed by atoms with Gasteiger partial charge in [0.25, 0.3) is 0 Å². The Morgan fingerprint density at radius 3 is 2.50 bits per heavy atom. The first-order chi connectivity index (χ1) is 7.61. The van der Waals surface area contributed by atoms with Crippen LogP contribution in [0.15, 0.2) is 29.4 Å². The normalized spacial score (nSPS) is 11.2. The van der Waals surface area contributed by atoms with Crippen LogP contribution in [-0.2, 0) is 4.79 Å². The largest absolute Gasteiger partial charge is 0.411 e. The Morgan fingerprint density at radius 1 is 1.31 bits per heavy atom. The average Bonchev–Trinajstić information content (AvgIpc) is 2.29. The minimum atomic E-state index is -0.0770. The fourth-order valence-electron chi connectivity index (χ4n) is 1.20. The van der Waals surface area contributed by atoms with Crippen molar-refractivity contribution in [3.05, 3.63) is 29.8 Å². The van der Waals surface area contributed by atoms with Crippen molar-refractivity contribution in [3.8, 4) is 0 Å². The van der Waals surface area contributed by atoms with E-state index in [4.69, 9.17) is 5.21 Å². The van der Waals surface area contributed by atoms with E-state index in [0.717, 1.165) is 11.3 Å². The Morgan fingerprint density at radius 2 is 1.94 bits per heavy atom. The highest BCUT2D eigenvalue weighted by Crippen LogP contribution is 2.09. The van der Waals surface area contributed by atoms with E-state index in [1.807, 2.05) is 31.2 Å². The lowest BCUT2D eigenvalue weighted by Gasteiger charge is -2.04. The fourth-order valence-corrected chi connectivity index (χ4v) is 1.20. The van der Waals surface area contributed by atoms with Crippen molar-refractivity contribution in [3.63, 3.8) is 0 Å². The summed E-state index contributed by atoms with van der Waals surface area (Å²) >= 11 is 0. The van der Waals surface area contributed by atoms with Crippen LogP contribution in [0.2, 0.25) is 0 Å². The van der Waals surface area contributed by atoms with Gasteiger partial charge in [-0.25, -0.2) is 0 Å². The highest BCUT2D eigenvalue weighted by Gasteiger charge is 2.03. The predicted octanol–water partition coefficient (Wildman–Crippen LogP) is 2.56. The summed E-state index contributed by atoms with van der Waals surface area (Å²) in [6, 6.07) is 7.60. The van der Waals surface area contributed by atoms with Gasteiger partial charge >= 0.3 is 0 Å². The van der Waals surface area contributed by atoms with Gasteiger partial charge in [0, 0.05) is 12.1 Å². The molecule has 86 valence electrons. The van der Waals surface area contributed by atoms with Gasteiger partial charge in [-0.05, 0) is 32.4 Å². The Balaban J connectivity index is 2.43. The molecule has 0 fully saturated rings. The van der Waals surface area contributed by atoms with Gasteiger partial charge in [-0.1, -0.05) is 22.9 Å². The van der Waals surface area contributed by atoms with Gasteiger partial charge in [0.15, 0.2) is 0 Å². The van der Waals surface area contributed by atoms with E-state index in [1.54, 1.807) is 6.92 Å². The second-order valence-electron chi connectivity index (χ2n) is 3.75. The zero-order valence-electron chi connectivity index (χ0n) is 9.53. The molecule has 0 aliphatic rings. The van der Waals surface area contributed by atoms with Gasteiger partial charge in [-0.3, -0.25) is 4.79 Å². The minimum absolute atomic E-state index is 0.0770. The summed E-state index contributed by atoms with van der Waals surface area (Å²) < 4.78 is 0. The first-order valence-corrected chi connectivity index (χ1v) is 5.16. The maximum atomic E-state index is 11.5. The SMILES string of the molecule is C/C(CCC(=O)Nc1ccc(C)cc1)=N\O. The molecule has 0 radical (unpaired) electrons. The molecule has 0 atom stereocenters. The van der Waals surface area contributed by atoms with Crippen LogP contribution in [0.4, 0.5) is 5.69 Å². The monoisotopic (exact) mass is 220 g/mol. The molecule has 0 heterocycles. The number of aryl methyl sites for hydroxylation is 1. The third-order valence-corrected chi connectivity index (χ3v) is 2.22. The Hall–Kier alpha value is -1.84. The van der Waals surface area contributed by atoms with Crippen LogP contribution in [0.25, 0.3) is 0 Å². The molecular weight excluding hydrogens is 204 g/mol. The van der Waals surface area contributed by atoms with Crippen LogP contribution in [0.3, 0.4) is 0 Å². The smallest absolute Gasteiger partial charge is 0.224 e. The van der Waals surface area contributed by atoms with Gasteiger partial charge in [0.2, 0.25) is 5.91 Å². The lowest BCUT2D eigenvalue weighted by atomic mass is 10.2. The van der Waals surface area contributed by atoms with Crippen molar-refractivity contribution >= 4 is 17.3 Å². The number of carbonyl (C=O) groups excluding carboxylic acids is 1. The van der Waals surface area contributed by atoms with Gasteiger partial charge in [0.05, 0.1) is 5.71 Å². The van der Waals surface area contributed by atoms with Crippen LogP contribution in [-0.4, -0.2) is 16.8 Å². The second kappa shape index (κ2) is 5.90. The van der Waals surface area contributed by atoms with Crippen molar-refractivity contribution in [2.75, 3.05) is 5.32 Å². The number of carbonyl (C=O) groups is 1. The van der Waals surface area contributed by atoms with Crippen molar-refractivity contribution < 1.29 is 10.0 Å². The van der Waals surface area contributed by atoms with E-state index in [0.29, 0.717) is 18.6 Å². The number of anilines is 1. The minimum Gasteiger partial charge on any atom is -0.411 e. The molecule has 1 rings (SSSR count). The van der Waals surface area contributed by atoms with Crippen LogP contribution >= 0.6 is 0 Å². The number of nitrogens with zero attached hydrogens (tertiary/aromatic N) is 1. The van der Waals surface area contributed by atoms with Crippen molar-refractivity contribution in [1.82, 2.24) is 0 Å². The molecule has 1 aromatic carbocycles. The van der Waals surface area contributed by atoms with Gasteiger partial charge in [0.1, 0.15) is 0 Å². The maximum Gasteiger partial charge on any atom is 0.224 e. The number of hydrogen-bond donors (Lipinski definition) is 2. The van der Waals surface area contributed by atoms with E-state index in [1.165, 1.54) is 0 Å². The number of nitrogens with one attached hydrogen (secondary N) is 1. The van der Waals surface area contributed by atoms with E-state index in [-0.39, 0.29) is 5.91 Å². The lowest BCUT2D eigenvalue weighted by molar-refractivity contribution is -0.116. The van der Waals surface area contributed by atoms with E-state index in [9.17, 15) is 4.79 Å². The highest BCUT2D eigenvalue weighted by molar-refractivity contribution is 5.94. The molecule has 0 unspecified atom stereocenters. The molecule has 4 nitrogen and oxygen atoms in total. The third-order valence-electron chi connectivity index (χ3n) is 2.22. The van der Waals surface area contributed by atoms with Crippen LogP contribution in [0.1, 0.15) is 25.3 Å². The summed E-state index contributed by atoms with van der Waals surface area (Å²) in [5.41, 5.74) is 2.49. The average molecular weight is 220 g/mol. The first kappa shape index (κ1) is 12.2. The Bertz CT molecular complexity index is 383. The highest BCUT2D eigenvalue weighted by atomic mass is 16.4. The molecular formula is C12H16N2O2. The quantitative estimate of drug-likeness (QED) is 0.465. The van der Waals surface area contributed by atoms with Crippen LogP contribution in [0.5, 0.6) is 0 Å². The summed E-state index contributed by atoms with van der Waals surface area (Å²) in [4.78, 5) is 11.5. The molecule has 1 amide bonds. The van der Waals surface area contributed by atoms with Gasteiger partial charge in [-0.2, -0.15) is 0 Å². The van der Waals surface area contributed by atoms with Crippen molar-refractivity contribution in [2.45, 2.75) is 26.7 Å². The maximum absolute atomic E-state index is 11.5. The number of amides is 1. The molecule has 0 bridgehead atoms. The summed E-state index contributed by atoms with van der Waals surface area (Å²) in [5, 5.41) is 14.2. The van der Waals surface area contributed by atoms with Crippen LogP contribution < -0.4 is 5.32 Å². The third kappa shape index (κ3) is 4.13. The molecule has 0 aromatic heterocycles. The molecule has 0 saturated heterocycles. The van der Waals surface area contributed by atoms with Gasteiger partial charge < -0.3 is 10.5 Å². The number of rotatable bonds is 4. The molecule has 0 aliphatic heterocycles. The topological polar surface area (TPSA) is 61.7 Å². The Labute approximate surface area is 95.0 Å².